The van der Waals surface area contributed by atoms with Gasteiger partial charge in [-0.15, -0.1) is 0 Å². The number of hydrogen-bond acceptors (Lipinski definition) is 6. The molecule has 0 aliphatic carbocycles. The summed E-state index contributed by atoms with van der Waals surface area (Å²) in [6.07, 6.45) is 1.75. The summed E-state index contributed by atoms with van der Waals surface area (Å²) in [4.78, 5) is 35.3. The van der Waals surface area contributed by atoms with Crippen LogP contribution in [0.4, 0.5) is 5.69 Å². The maximum Gasteiger partial charge on any atom is 0.308 e. The predicted octanol–water partition coefficient (Wildman–Crippen LogP) is 2.24. The van der Waals surface area contributed by atoms with Crippen molar-refractivity contribution >= 4 is 17.6 Å². The molecular weight excluding hydrogens is 338 g/mol. The average molecular weight is 363 g/mol. The molecule has 0 spiro atoms. The van der Waals surface area contributed by atoms with Crippen molar-refractivity contribution in [2.45, 2.75) is 57.7 Å². The molecule has 2 atom stereocenters. The van der Waals surface area contributed by atoms with E-state index >= 15 is 0 Å². The maximum absolute atomic E-state index is 12.4. The molecule has 1 aliphatic rings. The molecule has 1 heterocycles. The SMILES string of the molecule is CC(C)OC(=O)CC(NC(=O)CC1CCCN1)c1ccccc1[N+](=O)[O-]. The molecule has 1 saturated heterocycles. The number of nitrogens with zero attached hydrogens (tertiary/aromatic N) is 1. The molecule has 8 nitrogen and oxygen atoms in total. The van der Waals surface area contributed by atoms with Crippen molar-refractivity contribution < 1.29 is 19.2 Å². The third kappa shape index (κ3) is 5.80. The molecule has 26 heavy (non-hydrogen) atoms. The smallest absolute Gasteiger partial charge is 0.308 e. The molecule has 1 aliphatic heterocycles. The lowest BCUT2D eigenvalue weighted by molar-refractivity contribution is -0.385. The first-order chi connectivity index (χ1) is 12.4. The molecule has 142 valence electrons. The van der Waals surface area contributed by atoms with Crippen LogP contribution in [0.1, 0.15) is 51.1 Å². The molecule has 0 bridgehead atoms. The van der Waals surface area contributed by atoms with Gasteiger partial charge >= 0.3 is 5.97 Å². The molecule has 2 rings (SSSR count). The Kier molecular flexibility index (Phi) is 7.08. The summed E-state index contributed by atoms with van der Waals surface area (Å²) in [6, 6.07) is 5.41. The van der Waals surface area contributed by atoms with E-state index in [1.807, 2.05) is 0 Å². The van der Waals surface area contributed by atoms with Crippen molar-refractivity contribution in [2.75, 3.05) is 6.54 Å². The number of hydrogen-bond donors (Lipinski definition) is 2. The zero-order valence-corrected chi connectivity index (χ0v) is 15.1. The molecule has 0 saturated carbocycles. The molecule has 2 unspecified atom stereocenters. The quantitative estimate of drug-likeness (QED) is 0.416. The highest BCUT2D eigenvalue weighted by molar-refractivity contribution is 5.79. The highest BCUT2D eigenvalue weighted by atomic mass is 16.6. The second-order valence-electron chi connectivity index (χ2n) is 6.68. The van der Waals surface area contributed by atoms with E-state index in [4.69, 9.17) is 4.74 Å². The van der Waals surface area contributed by atoms with E-state index in [1.165, 1.54) is 6.07 Å². The monoisotopic (exact) mass is 363 g/mol. The van der Waals surface area contributed by atoms with Crippen LogP contribution in [0.25, 0.3) is 0 Å². The van der Waals surface area contributed by atoms with Crippen molar-refractivity contribution in [3.05, 3.63) is 39.9 Å². The Hall–Kier alpha value is -2.48. The van der Waals surface area contributed by atoms with Gasteiger partial charge in [-0.1, -0.05) is 18.2 Å². The van der Waals surface area contributed by atoms with E-state index in [1.54, 1.807) is 32.0 Å². The second-order valence-corrected chi connectivity index (χ2v) is 6.68. The van der Waals surface area contributed by atoms with Crippen LogP contribution in [0, 0.1) is 10.1 Å². The number of nitro groups is 1. The highest BCUT2D eigenvalue weighted by Crippen LogP contribution is 2.28. The van der Waals surface area contributed by atoms with Gasteiger partial charge in [-0.25, -0.2) is 0 Å². The number of amides is 1. The van der Waals surface area contributed by atoms with E-state index in [-0.39, 0.29) is 36.6 Å². The molecule has 1 aromatic rings. The zero-order chi connectivity index (χ0) is 19.1. The number of nitrogens with one attached hydrogen (secondary N) is 2. The van der Waals surface area contributed by atoms with Gasteiger partial charge in [0.1, 0.15) is 0 Å². The topological polar surface area (TPSA) is 111 Å². The van der Waals surface area contributed by atoms with Crippen molar-refractivity contribution in [3.63, 3.8) is 0 Å². The number of carbonyl (C=O) groups excluding carboxylic acids is 2. The van der Waals surface area contributed by atoms with Gasteiger partial charge in [0, 0.05) is 18.5 Å². The standard InChI is InChI=1S/C18H25N3O5/c1-12(2)26-18(23)11-15(14-7-3-4-8-16(14)21(24)25)20-17(22)10-13-6-5-9-19-13/h3-4,7-8,12-13,15,19H,5-6,9-11H2,1-2H3,(H,20,22). The number of rotatable bonds is 8. The number of carbonyl (C=O) groups is 2. The van der Waals surface area contributed by atoms with Crippen LogP contribution in [0.2, 0.25) is 0 Å². The van der Waals surface area contributed by atoms with Crippen molar-refractivity contribution in [1.82, 2.24) is 10.6 Å². The van der Waals surface area contributed by atoms with E-state index < -0.39 is 16.9 Å². The van der Waals surface area contributed by atoms with Crippen molar-refractivity contribution in [1.29, 1.82) is 0 Å². The van der Waals surface area contributed by atoms with Crippen LogP contribution >= 0.6 is 0 Å². The van der Waals surface area contributed by atoms with Gasteiger partial charge < -0.3 is 15.4 Å². The molecular formula is C18H25N3O5. The van der Waals surface area contributed by atoms with Crippen LogP contribution in [0.3, 0.4) is 0 Å². The Labute approximate surface area is 152 Å². The lowest BCUT2D eigenvalue weighted by Crippen LogP contribution is -2.35. The summed E-state index contributed by atoms with van der Waals surface area (Å²) >= 11 is 0. The number of nitro benzene ring substituents is 1. The molecule has 1 aromatic carbocycles. The van der Waals surface area contributed by atoms with Crippen molar-refractivity contribution in [2.24, 2.45) is 0 Å². The molecule has 2 N–H and O–H groups in total. The fraction of sp³-hybridized carbons (Fsp3) is 0.556. The molecule has 8 heteroatoms. The van der Waals surface area contributed by atoms with Gasteiger partial charge in [0.05, 0.1) is 29.1 Å². The lowest BCUT2D eigenvalue weighted by Gasteiger charge is -2.20. The Morgan fingerprint density at radius 2 is 2.12 bits per heavy atom. The number of benzene rings is 1. The summed E-state index contributed by atoms with van der Waals surface area (Å²) < 4.78 is 5.15. The minimum absolute atomic E-state index is 0.101. The normalized spacial score (nSPS) is 17.7. The van der Waals surface area contributed by atoms with Crippen LogP contribution in [0.5, 0.6) is 0 Å². The van der Waals surface area contributed by atoms with Gasteiger partial charge in [0.15, 0.2) is 0 Å². The fourth-order valence-electron chi connectivity index (χ4n) is 3.07. The van der Waals surface area contributed by atoms with Gasteiger partial charge in [-0.3, -0.25) is 19.7 Å². The largest absolute Gasteiger partial charge is 0.463 e. The Morgan fingerprint density at radius 3 is 2.73 bits per heavy atom. The summed E-state index contributed by atoms with van der Waals surface area (Å²) in [7, 11) is 0. The maximum atomic E-state index is 12.4. The molecule has 0 radical (unpaired) electrons. The predicted molar refractivity (Wildman–Crippen MR) is 95.5 cm³/mol. The third-order valence-corrected chi connectivity index (χ3v) is 4.18. The fourth-order valence-corrected chi connectivity index (χ4v) is 3.07. The first-order valence-corrected chi connectivity index (χ1v) is 8.82. The van der Waals surface area contributed by atoms with Crippen LogP contribution in [-0.4, -0.2) is 35.5 Å². The molecule has 1 amide bonds. The van der Waals surface area contributed by atoms with Gasteiger partial charge in [0.25, 0.3) is 5.69 Å². The van der Waals surface area contributed by atoms with Crippen molar-refractivity contribution in [3.8, 4) is 0 Å². The Bertz CT molecular complexity index is 656. The first-order valence-electron chi connectivity index (χ1n) is 8.82. The van der Waals surface area contributed by atoms with Crippen LogP contribution < -0.4 is 10.6 Å². The molecule has 1 fully saturated rings. The third-order valence-electron chi connectivity index (χ3n) is 4.18. The van der Waals surface area contributed by atoms with E-state index in [2.05, 4.69) is 10.6 Å². The Morgan fingerprint density at radius 1 is 1.38 bits per heavy atom. The van der Waals surface area contributed by atoms with Crippen LogP contribution in [0.15, 0.2) is 24.3 Å². The first kappa shape index (κ1) is 19.8. The minimum Gasteiger partial charge on any atom is -0.463 e. The number of ether oxygens (including phenoxy) is 1. The van der Waals surface area contributed by atoms with E-state index in [9.17, 15) is 19.7 Å². The van der Waals surface area contributed by atoms with Gasteiger partial charge in [-0.05, 0) is 33.2 Å². The average Bonchev–Trinajstić information content (AvgIpc) is 3.06. The van der Waals surface area contributed by atoms with E-state index in [0.717, 1.165) is 19.4 Å². The minimum atomic E-state index is -0.809. The highest BCUT2D eigenvalue weighted by Gasteiger charge is 2.27. The van der Waals surface area contributed by atoms with Gasteiger partial charge in [0.2, 0.25) is 5.91 Å². The van der Waals surface area contributed by atoms with E-state index in [0.29, 0.717) is 5.56 Å². The zero-order valence-electron chi connectivity index (χ0n) is 15.1. The lowest BCUT2D eigenvalue weighted by atomic mass is 10.0. The second kappa shape index (κ2) is 9.28. The summed E-state index contributed by atoms with van der Waals surface area (Å²) in [5, 5.41) is 17.3. The van der Waals surface area contributed by atoms with Crippen LogP contribution in [-0.2, 0) is 14.3 Å². The number of para-hydroxylation sites is 1. The van der Waals surface area contributed by atoms with Gasteiger partial charge in [-0.2, -0.15) is 0 Å². The summed E-state index contributed by atoms with van der Waals surface area (Å²) in [5.74, 6) is -0.757. The molecule has 0 aromatic heterocycles. The Balaban J connectivity index is 2.17. The summed E-state index contributed by atoms with van der Waals surface area (Å²) in [6.45, 7) is 4.33. The summed E-state index contributed by atoms with van der Waals surface area (Å²) in [5.41, 5.74) is 0.167. The number of esters is 1.